The largest absolute Gasteiger partial charge is 0.439 e. The van der Waals surface area contributed by atoms with E-state index in [2.05, 4.69) is 24.9 Å². The lowest BCUT2D eigenvalue weighted by atomic mass is 10.2. The molecule has 9 heteroatoms. The molecule has 3 heterocycles. The first-order valence-corrected chi connectivity index (χ1v) is 7.74. The lowest BCUT2D eigenvalue weighted by molar-refractivity contribution is -0.141. The second-order valence-electron chi connectivity index (χ2n) is 5.46. The Morgan fingerprint density at radius 1 is 0.852 bits per heavy atom. The summed E-state index contributed by atoms with van der Waals surface area (Å²) in [7, 11) is 0. The lowest BCUT2D eigenvalue weighted by Crippen LogP contribution is -2.10. The number of fused-ring (bicyclic) bond motifs is 1. The lowest BCUT2D eigenvalue weighted by Gasteiger charge is -2.11. The highest BCUT2D eigenvalue weighted by Crippen LogP contribution is 2.32. The summed E-state index contributed by atoms with van der Waals surface area (Å²) < 4.78 is 45.2. The van der Waals surface area contributed by atoms with Gasteiger partial charge in [-0.15, -0.1) is 0 Å². The van der Waals surface area contributed by atoms with Crippen LogP contribution in [0.25, 0.3) is 22.4 Å². The highest BCUT2D eigenvalue weighted by molar-refractivity contribution is 5.75. The van der Waals surface area contributed by atoms with Gasteiger partial charge in [0.25, 0.3) is 0 Å². The molecule has 0 spiro atoms. The predicted octanol–water partition coefficient (Wildman–Crippen LogP) is 4.29. The number of hydrogen-bond donors (Lipinski definition) is 0. The fourth-order valence-electron chi connectivity index (χ4n) is 2.37. The van der Waals surface area contributed by atoms with Crippen LogP contribution in [0.5, 0.6) is 11.6 Å². The Bertz CT molecular complexity index is 1100. The quantitative estimate of drug-likeness (QED) is 0.536. The van der Waals surface area contributed by atoms with Crippen LogP contribution in [-0.2, 0) is 6.18 Å². The van der Waals surface area contributed by atoms with Crippen molar-refractivity contribution in [2.45, 2.75) is 6.18 Å². The van der Waals surface area contributed by atoms with Crippen molar-refractivity contribution in [2.24, 2.45) is 0 Å². The number of nitrogens with zero attached hydrogens (tertiary/aromatic N) is 5. The van der Waals surface area contributed by atoms with Crippen LogP contribution >= 0.6 is 0 Å². The summed E-state index contributed by atoms with van der Waals surface area (Å²) in [6.07, 6.45) is 1.30. The maximum Gasteiger partial charge on any atom is 0.433 e. The average Bonchev–Trinajstić information content (AvgIpc) is 2.68. The zero-order valence-electron chi connectivity index (χ0n) is 13.6. The third-order valence-corrected chi connectivity index (χ3v) is 3.58. The number of alkyl halides is 3. The molecule has 6 nitrogen and oxygen atoms in total. The Labute approximate surface area is 150 Å². The maximum atomic E-state index is 13.2. The second kappa shape index (κ2) is 6.60. The van der Waals surface area contributed by atoms with E-state index < -0.39 is 11.9 Å². The molecule has 0 N–H and O–H groups in total. The Morgan fingerprint density at radius 3 is 2.41 bits per heavy atom. The molecule has 0 amide bonds. The van der Waals surface area contributed by atoms with Crippen LogP contribution in [0, 0.1) is 0 Å². The van der Waals surface area contributed by atoms with Gasteiger partial charge in [0.05, 0.1) is 11.0 Å². The first kappa shape index (κ1) is 16.8. The van der Waals surface area contributed by atoms with E-state index in [0.29, 0.717) is 16.6 Å². The molecule has 0 saturated carbocycles. The van der Waals surface area contributed by atoms with Crippen molar-refractivity contribution >= 4 is 11.0 Å². The van der Waals surface area contributed by atoms with Crippen LogP contribution < -0.4 is 4.74 Å². The van der Waals surface area contributed by atoms with Gasteiger partial charge in [-0.3, -0.25) is 15.0 Å². The molecule has 27 heavy (non-hydrogen) atoms. The van der Waals surface area contributed by atoms with Crippen LogP contribution in [0.2, 0.25) is 0 Å². The van der Waals surface area contributed by atoms with E-state index in [-0.39, 0.29) is 17.5 Å². The SMILES string of the molecule is FC(F)(F)c1cc(Oc2ccc3nccnc3c2)nc(-c2cccnc2)n1. The number of pyridine rings is 1. The van der Waals surface area contributed by atoms with Gasteiger partial charge in [-0.1, -0.05) is 0 Å². The van der Waals surface area contributed by atoms with Gasteiger partial charge in [-0.2, -0.15) is 18.2 Å². The van der Waals surface area contributed by atoms with Crippen molar-refractivity contribution in [1.29, 1.82) is 0 Å². The van der Waals surface area contributed by atoms with E-state index in [9.17, 15) is 13.2 Å². The zero-order chi connectivity index (χ0) is 18.9. The summed E-state index contributed by atoms with van der Waals surface area (Å²) in [6.45, 7) is 0. The number of rotatable bonds is 3. The summed E-state index contributed by atoms with van der Waals surface area (Å²) in [5.41, 5.74) is 0.428. The Hall–Kier alpha value is -3.62. The van der Waals surface area contributed by atoms with Crippen LogP contribution in [0.15, 0.2) is 61.2 Å². The molecule has 0 bridgehead atoms. The number of hydrogen-bond acceptors (Lipinski definition) is 6. The van der Waals surface area contributed by atoms with Crippen LogP contribution in [-0.4, -0.2) is 24.9 Å². The number of aromatic nitrogens is 5. The summed E-state index contributed by atoms with van der Waals surface area (Å²) in [4.78, 5) is 19.8. The first-order chi connectivity index (χ1) is 13.0. The normalized spacial score (nSPS) is 11.5. The molecule has 0 aliphatic rings. The third kappa shape index (κ3) is 3.66. The van der Waals surface area contributed by atoms with Gasteiger partial charge in [0.2, 0.25) is 5.88 Å². The minimum atomic E-state index is -4.65. The standard InChI is InChI=1S/C18H10F3N5O/c19-18(20,21)15-9-16(26-17(25-15)11-2-1-5-22-10-11)27-12-3-4-13-14(8-12)24-7-6-23-13/h1-10H. The van der Waals surface area contributed by atoms with Crippen molar-refractivity contribution in [3.05, 3.63) is 66.9 Å². The van der Waals surface area contributed by atoms with E-state index in [1.54, 1.807) is 36.5 Å². The minimum Gasteiger partial charge on any atom is -0.439 e. The molecule has 1 aromatic carbocycles. The van der Waals surface area contributed by atoms with E-state index >= 15 is 0 Å². The fraction of sp³-hybridized carbons (Fsp3) is 0.0556. The van der Waals surface area contributed by atoms with Gasteiger partial charge >= 0.3 is 6.18 Å². The Kier molecular flexibility index (Phi) is 4.11. The van der Waals surface area contributed by atoms with Crippen LogP contribution in [0.4, 0.5) is 13.2 Å². The zero-order valence-corrected chi connectivity index (χ0v) is 13.6. The maximum absolute atomic E-state index is 13.2. The molecular weight excluding hydrogens is 359 g/mol. The van der Waals surface area contributed by atoms with E-state index in [0.717, 1.165) is 6.07 Å². The van der Waals surface area contributed by atoms with Gasteiger partial charge in [0.1, 0.15) is 5.75 Å². The van der Waals surface area contributed by atoms with Crippen molar-refractivity contribution in [2.75, 3.05) is 0 Å². The molecule has 4 rings (SSSR count). The van der Waals surface area contributed by atoms with Gasteiger partial charge in [-0.25, -0.2) is 4.98 Å². The summed E-state index contributed by atoms with van der Waals surface area (Å²) >= 11 is 0. The summed E-state index contributed by atoms with van der Waals surface area (Å²) in [5, 5.41) is 0. The first-order valence-electron chi connectivity index (χ1n) is 7.74. The molecule has 3 aromatic heterocycles. The minimum absolute atomic E-state index is 0.131. The van der Waals surface area contributed by atoms with E-state index in [1.807, 2.05) is 0 Å². The number of benzene rings is 1. The molecule has 0 aliphatic heterocycles. The van der Waals surface area contributed by atoms with Gasteiger partial charge in [0, 0.05) is 42.5 Å². The molecule has 0 atom stereocenters. The molecule has 0 radical (unpaired) electrons. The van der Waals surface area contributed by atoms with Gasteiger partial charge in [-0.05, 0) is 24.3 Å². The number of ether oxygens (including phenoxy) is 1. The van der Waals surface area contributed by atoms with Crippen molar-refractivity contribution < 1.29 is 17.9 Å². The van der Waals surface area contributed by atoms with E-state index in [4.69, 9.17) is 4.74 Å². The number of halogens is 3. The van der Waals surface area contributed by atoms with Crippen LogP contribution in [0.3, 0.4) is 0 Å². The molecule has 0 unspecified atom stereocenters. The molecule has 0 saturated heterocycles. The molecule has 134 valence electrons. The van der Waals surface area contributed by atoms with Crippen LogP contribution in [0.1, 0.15) is 5.69 Å². The predicted molar refractivity (Wildman–Crippen MR) is 89.9 cm³/mol. The highest BCUT2D eigenvalue weighted by atomic mass is 19.4. The van der Waals surface area contributed by atoms with Crippen molar-refractivity contribution in [3.8, 4) is 23.0 Å². The third-order valence-electron chi connectivity index (χ3n) is 3.58. The molecule has 4 aromatic rings. The van der Waals surface area contributed by atoms with Crippen molar-refractivity contribution in [3.63, 3.8) is 0 Å². The van der Waals surface area contributed by atoms with Gasteiger partial charge < -0.3 is 4.74 Å². The molecule has 0 aliphatic carbocycles. The molecule has 0 fully saturated rings. The second-order valence-corrected chi connectivity index (χ2v) is 5.46. The Morgan fingerprint density at radius 2 is 1.67 bits per heavy atom. The summed E-state index contributed by atoms with van der Waals surface area (Å²) in [6, 6.07) is 8.71. The molecular formula is C18H10F3N5O. The Balaban J connectivity index is 1.76. The van der Waals surface area contributed by atoms with E-state index in [1.165, 1.54) is 18.6 Å². The van der Waals surface area contributed by atoms with Crippen molar-refractivity contribution in [1.82, 2.24) is 24.9 Å². The fourth-order valence-corrected chi connectivity index (χ4v) is 2.37. The van der Waals surface area contributed by atoms with Gasteiger partial charge in [0.15, 0.2) is 11.5 Å². The topological polar surface area (TPSA) is 73.7 Å². The summed E-state index contributed by atoms with van der Waals surface area (Å²) in [5.74, 6) is -0.0834. The smallest absolute Gasteiger partial charge is 0.433 e. The monoisotopic (exact) mass is 369 g/mol. The average molecular weight is 369 g/mol. The highest BCUT2D eigenvalue weighted by Gasteiger charge is 2.34.